The van der Waals surface area contributed by atoms with Crippen molar-refractivity contribution >= 4 is 47.4 Å². The number of hydrogen-bond donors (Lipinski definition) is 3. The summed E-state index contributed by atoms with van der Waals surface area (Å²) in [4.78, 5) is 16.5. The van der Waals surface area contributed by atoms with Crippen LogP contribution < -0.4 is 16.0 Å². The summed E-state index contributed by atoms with van der Waals surface area (Å²) in [5, 5.41) is 9.50. The van der Waals surface area contributed by atoms with E-state index in [9.17, 15) is 9.18 Å². The maximum absolute atomic E-state index is 12.9. The Bertz CT molecular complexity index is 756. The molecule has 0 aliphatic heterocycles. The fourth-order valence-electron chi connectivity index (χ4n) is 2.20. The number of amides is 1. The highest BCUT2D eigenvalue weighted by Gasteiger charge is 2.08. The van der Waals surface area contributed by atoms with Gasteiger partial charge in [0.2, 0.25) is 0 Å². The van der Waals surface area contributed by atoms with Crippen molar-refractivity contribution in [3.8, 4) is 0 Å². The van der Waals surface area contributed by atoms with Crippen LogP contribution in [-0.4, -0.2) is 31.5 Å². The molecule has 0 fully saturated rings. The summed E-state index contributed by atoms with van der Waals surface area (Å²) in [6.07, 6.45) is 0. The van der Waals surface area contributed by atoms with E-state index in [1.807, 2.05) is 6.92 Å². The predicted octanol–water partition coefficient (Wildman–Crippen LogP) is 3.58. The molecule has 8 heteroatoms. The number of benzene rings is 2. The first-order chi connectivity index (χ1) is 12.6. The summed E-state index contributed by atoms with van der Waals surface area (Å²) in [5.74, 6) is 0.145. The fraction of sp³-hybridized carbons (Fsp3) is 0.263. The minimum absolute atomic E-state index is 0. The third-order valence-corrected chi connectivity index (χ3v) is 3.83. The maximum atomic E-state index is 12.9. The monoisotopic (exact) mass is 504 g/mol. The molecule has 0 unspecified atom stereocenters. The number of nitrogens with zero attached hydrogens (tertiary/aromatic N) is 1. The van der Waals surface area contributed by atoms with Crippen molar-refractivity contribution in [1.82, 2.24) is 16.0 Å². The topological polar surface area (TPSA) is 65.5 Å². The van der Waals surface area contributed by atoms with E-state index in [1.54, 1.807) is 36.4 Å². The van der Waals surface area contributed by atoms with Gasteiger partial charge in [0.1, 0.15) is 5.82 Å². The van der Waals surface area contributed by atoms with Crippen LogP contribution in [0.2, 0.25) is 5.02 Å². The largest absolute Gasteiger partial charge is 0.357 e. The van der Waals surface area contributed by atoms with Crippen LogP contribution in [0.5, 0.6) is 0 Å². The lowest BCUT2D eigenvalue weighted by Crippen LogP contribution is -2.41. The standard InChI is InChI=1S/C19H22ClFN4O.HI/c1-2-22-19(25-13-14-7-9-15(21)10-8-14)24-12-11-23-18(26)16-5-3-4-6-17(16)20;/h3-10H,2,11-13H2,1H3,(H,23,26)(H2,22,24,25);1H. The number of nitrogens with one attached hydrogen (secondary N) is 3. The van der Waals surface area contributed by atoms with Crippen LogP contribution in [0.4, 0.5) is 4.39 Å². The van der Waals surface area contributed by atoms with Gasteiger partial charge in [-0.15, -0.1) is 24.0 Å². The van der Waals surface area contributed by atoms with E-state index in [-0.39, 0.29) is 35.7 Å². The predicted molar refractivity (Wildman–Crippen MR) is 118 cm³/mol. The van der Waals surface area contributed by atoms with Crippen molar-refractivity contribution in [2.45, 2.75) is 13.5 Å². The lowest BCUT2D eigenvalue weighted by atomic mass is 10.2. The van der Waals surface area contributed by atoms with Crippen LogP contribution in [0.15, 0.2) is 53.5 Å². The van der Waals surface area contributed by atoms with Gasteiger partial charge in [-0.1, -0.05) is 35.9 Å². The van der Waals surface area contributed by atoms with E-state index >= 15 is 0 Å². The molecule has 2 aromatic rings. The first kappa shape index (κ1) is 23.2. The van der Waals surface area contributed by atoms with Gasteiger partial charge in [0.25, 0.3) is 5.91 Å². The highest BCUT2D eigenvalue weighted by atomic mass is 127. The molecule has 0 saturated heterocycles. The second kappa shape index (κ2) is 12.5. The summed E-state index contributed by atoms with van der Waals surface area (Å²) in [6.45, 7) is 4.04. The molecule has 5 nitrogen and oxygen atoms in total. The second-order valence-corrected chi connectivity index (χ2v) is 5.89. The Morgan fingerprint density at radius 3 is 2.37 bits per heavy atom. The molecule has 27 heavy (non-hydrogen) atoms. The molecular formula is C19H23ClFIN4O. The minimum Gasteiger partial charge on any atom is -0.357 e. The number of guanidine groups is 1. The minimum atomic E-state index is -0.267. The van der Waals surface area contributed by atoms with Gasteiger partial charge in [0.05, 0.1) is 17.1 Å². The first-order valence-electron chi connectivity index (χ1n) is 8.39. The fourth-order valence-corrected chi connectivity index (χ4v) is 2.42. The number of carbonyl (C=O) groups is 1. The smallest absolute Gasteiger partial charge is 0.252 e. The van der Waals surface area contributed by atoms with Gasteiger partial charge >= 0.3 is 0 Å². The highest BCUT2D eigenvalue weighted by Crippen LogP contribution is 2.14. The normalized spacial score (nSPS) is 10.7. The molecule has 146 valence electrons. The van der Waals surface area contributed by atoms with Crippen LogP contribution in [0.1, 0.15) is 22.8 Å². The van der Waals surface area contributed by atoms with Crippen molar-refractivity contribution in [1.29, 1.82) is 0 Å². The van der Waals surface area contributed by atoms with Gasteiger partial charge < -0.3 is 16.0 Å². The quantitative estimate of drug-likeness (QED) is 0.234. The highest BCUT2D eigenvalue weighted by molar-refractivity contribution is 14.0. The van der Waals surface area contributed by atoms with E-state index < -0.39 is 0 Å². The maximum Gasteiger partial charge on any atom is 0.252 e. The van der Waals surface area contributed by atoms with E-state index in [4.69, 9.17) is 11.6 Å². The molecule has 2 aromatic carbocycles. The second-order valence-electron chi connectivity index (χ2n) is 5.48. The number of hydrogen-bond acceptors (Lipinski definition) is 2. The molecule has 2 rings (SSSR count). The van der Waals surface area contributed by atoms with Crippen molar-refractivity contribution < 1.29 is 9.18 Å². The molecule has 0 aromatic heterocycles. The van der Waals surface area contributed by atoms with E-state index in [0.717, 1.165) is 5.56 Å². The number of aliphatic imine (C=N–C) groups is 1. The Hall–Kier alpha value is -1.87. The summed E-state index contributed by atoms with van der Waals surface area (Å²) in [7, 11) is 0. The van der Waals surface area contributed by atoms with Crippen LogP contribution in [0, 0.1) is 5.82 Å². The Morgan fingerprint density at radius 2 is 1.70 bits per heavy atom. The van der Waals surface area contributed by atoms with E-state index in [1.165, 1.54) is 12.1 Å². The van der Waals surface area contributed by atoms with Crippen LogP contribution in [0.3, 0.4) is 0 Å². The first-order valence-corrected chi connectivity index (χ1v) is 8.77. The Morgan fingerprint density at radius 1 is 1.04 bits per heavy atom. The zero-order valence-electron chi connectivity index (χ0n) is 15.0. The number of carbonyl (C=O) groups excluding carboxylic acids is 1. The third-order valence-electron chi connectivity index (χ3n) is 3.50. The zero-order chi connectivity index (χ0) is 18.8. The van der Waals surface area contributed by atoms with Crippen LogP contribution in [0.25, 0.3) is 0 Å². The Kier molecular flexibility index (Phi) is 10.7. The third kappa shape index (κ3) is 8.13. The molecule has 0 spiro atoms. The van der Waals surface area contributed by atoms with Gasteiger partial charge in [0.15, 0.2) is 5.96 Å². The molecule has 0 atom stereocenters. The lowest BCUT2D eigenvalue weighted by Gasteiger charge is -2.12. The van der Waals surface area contributed by atoms with Crippen molar-refractivity contribution in [2.24, 2.45) is 4.99 Å². The molecule has 0 aliphatic rings. The summed E-state index contributed by atoms with van der Waals surface area (Å²) >= 11 is 6.00. The van der Waals surface area contributed by atoms with Gasteiger partial charge in [-0.3, -0.25) is 4.79 Å². The van der Waals surface area contributed by atoms with Crippen LogP contribution in [-0.2, 0) is 6.54 Å². The zero-order valence-corrected chi connectivity index (χ0v) is 18.1. The van der Waals surface area contributed by atoms with Gasteiger partial charge in [0, 0.05) is 19.6 Å². The number of halogens is 3. The number of rotatable bonds is 7. The van der Waals surface area contributed by atoms with Gasteiger partial charge in [-0.05, 0) is 36.8 Å². The average molecular weight is 505 g/mol. The summed E-state index contributed by atoms with van der Waals surface area (Å²) in [5.41, 5.74) is 1.36. The van der Waals surface area contributed by atoms with Gasteiger partial charge in [-0.25, -0.2) is 9.38 Å². The van der Waals surface area contributed by atoms with E-state index in [0.29, 0.717) is 42.7 Å². The average Bonchev–Trinajstić information content (AvgIpc) is 2.64. The Labute approximate surface area is 180 Å². The molecule has 1 amide bonds. The Balaban J connectivity index is 0.00000364. The lowest BCUT2D eigenvalue weighted by molar-refractivity contribution is 0.0954. The SMILES string of the molecule is CCNC(=NCc1ccc(F)cc1)NCCNC(=O)c1ccccc1Cl.I. The molecule has 3 N–H and O–H groups in total. The molecule has 0 radical (unpaired) electrons. The summed E-state index contributed by atoms with van der Waals surface area (Å²) < 4.78 is 12.9. The van der Waals surface area contributed by atoms with Crippen molar-refractivity contribution in [3.63, 3.8) is 0 Å². The van der Waals surface area contributed by atoms with Crippen molar-refractivity contribution in [3.05, 3.63) is 70.5 Å². The molecule has 0 heterocycles. The van der Waals surface area contributed by atoms with E-state index in [2.05, 4.69) is 20.9 Å². The molecular weight excluding hydrogens is 482 g/mol. The summed E-state index contributed by atoms with van der Waals surface area (Å²) in [6, 6.07) is 13.1. The van der Waals surface area contributed by atoms with Crippen LogP contribution >= 0.6 is 35.6 Å². The molecule has 0 aliphatic carbocycles. The molecule has 0 bridgehead atoms. The van der Waals surface area contributed by atoms with Crippen molar-refractivity contribution in [2.75, 3.05) is 19.6 Å². The van der Waals surface area contributed by atoms with Gasteiger partial charge in [-0.2, -0.15) is 0 Å². The molecule has 0 saturated carbocycles.